The molecule has 1 atom stereocenters. The summed E-state index contributed by atoms with van der Waals surface area (Å²) in [6, 6.07) is 19.5. The second kappa shape index (κ2) is 6.60. The standard InChI is InChI=1S/C18H24NOP/c1-3-14-18(2,19)15-21(20,16-10-6-4-7-11-16)17-12-8-5-9-13-17/h4-13H,3,14-15,19H2,1-2H3. The molecule has 2 nitrogen and oxygen atoms in total. The Bertz CT molecular complexity index is 564. The molecule has 0 saturated carbocycles. The Hall–Kier alpha value is -1.37. The van der Waals surface area contributed by atoms with E-state index in [9.17, 15) is 4.57 Å². The molecule has 0 aliphatic heterocycles. The van der Waals surface area contributed by atoms with Crippen LogP contribution in [0.15, 0.2) is 60.7 Å². The van der Waals surface area contributed by atoms with Gasteiger partial charge in [-0.1, -0.05) is 74.0 Å². The van der Waals surface area contributed by atoms with E-state index in [-0.39, 0.29) is 0 Å². The van der Waals surface area contributed by atoms with Crippen LogP contribution < -0.4 is 16.3 Å². The molecule has 0 aromatic heterocycles. The molecule has 2 aromatic carbocycles. The Balaban J connectivity index is 2.48. The summed E-state index contributed by atoms with van der Waals surface area (Å²) in [5.74, 6) is 0. The average Bonchev–Trinajstić information content (AvgIpc) is 2.48. The van der Waals surface area contributed by atoms with E-state index in [0.717, 1.165) is 23.5 Å². The minimum Gasteiger partial charge on any atom is -0.325 e. The minimum atomic E-state index is -2.70. The molecule has 0 amide bonds. The lowest BCUT2D eigenvalue weighted by Gasteiger charge is -2.30. The molecule has 0 heterocycles. The number of rotatable bonds is 6. The summed E-state index contributed by atoms with van der Waals surface area (Å²) >= 11 is 0. The highest BCUT2D eigenvalue weighted by Crippen LogP contribution is 2.46. The van der Waals surface area contributed by atoms with E-state index in [4.69, 9.17) is 5.73 Å². The van der Waals surface area contributed by atoms with Crippen molar-refractivity contribution in [2.45, 2.75) is 32.2 Å². The highest BCUT2D eigenvalue weighted by atomic mass is 31.2. The number of hydrogen-bond acceptors (Lipinski definition) is 2. The van der Waals surface area contributed by atoms with Gasteiger partial charge in [0, 0.05) is 22.3 Å². The first-order valence-electron chi connectivity index (χ1n) is 7.47. The van der Waals surface area contributed by atoms with Crippen molar-refractivity contribution in [1.82, 2.24) is 0 Å². The molecule has 0 saturated heterocycles. The molecular weight excluding hydrogens is 277 g/mol. The van der Waals surface area contributed by atoms with Gasteiger partial charge in [0.1, 0.15) is 7.14 Å². The lowest BCUT2D eigenvalue weighted by Crippen LogP contribution is -2.42. The maximum absolute atomic E-state index is 13.8. The summed E-state index contributed by atoms with van der Waals surface area (Å²) < 4.78 is 13.8. The van der Waals surface area contributed by atoms with Crippen molar-refractivity contribution < 1.29 is 4.57 Å². The Morgan fingerprint density at radius 1 is 0.952 bits per heavy atom. The highest BCUT2D eigenvalue weighted by molar-refractivity contribution is 7.78. The molecular formula is C18H24NOP. The van der Waals surface area contributed by atoms with E-state index in [1.54, 1.807) is 0 Å². The van der Waals surface area contributed by atoms with Crippen LogP contribution in [0.4, 0.5) is 0 Å². The third-order valence-corrected chi connectivity index (χ3v) is 7.18. The fourth-order valence-corrected chi connectivity index (χ4v) is 5.97. The van der Waals surface area contributed by atoms with Crippen LogP contribution in [-0.4, -0.2) is 11.7 Å². The second-order valence-electron chi connectivity index (χ2n) is 5.97. The molecule has 2 aromatic rings. The topological polar surface area (TPSA) is 43.1 Å². The molecule has 0 aliphatic carbocycles. The molecule has 2 N–H and O–H groups in total. The molecule has 2 rings (SSSR count). The van der Waals surface area contributed by atoms with Crippen molar-refractivity contribution in [2.24, 2.45) is 5.73 Å². The number of nitrogens with two attached hydrogens (primary N) is 1. The van der Waals surface area contributed by atoms with Gasteiger partial charge >= 0.3 is 0 Å². The predicted molar refractivity (Wildman–Crippen MR) is 92.1 cm³/mol. The first-order valence-corrected chi connectivity index (χ1v) is 9.36. The molecule has 21 heavy (non-hydrogen) atoms. The van der Waals surface area contributed by atoms with E-state index in [1.807, 2.05) is 67.6 Å². The van der Waals surface area contributed by atoms with Crippen molar-refractivity contribution in [3.05, 3.63) is 60.7 Å². The highest BCUT2D eigenvalue weighted by Gasteiger charge is 2.34. The molecule has 0 aliphatic rings. The van der Waals surface area contributed by atoms with Crippen LogP contribution in [0.1, 0.15) is 26.7 Å². The second-order valence-corrected chi connectivity index (χ2v) is 8.80. The van der Waals surface area contributed by atoms with Gasteiger partial charge in [-0.2, -0.15) is 0 Å². The zero-order valence-electron chi connectivity index (χ0n) is 12.8. The zero-order valence-corrected chi connectivity index (χ0v) is 13.7. The fraction of sp³-hybridized carbons (Fsp3) is 0.333. The van der Waals surface area contributed by atoms with Gasteiger partial charge in [0.25, 0.3) is 0 Å². The number of benzene rings is 2. The quantitative estimate of drug-likeness (QED) is 0.830. The van der Waals surface area contributed by atoms with E-state index >= 15 is 0 Å². The van der Waals surface area contributed by atoms with Crippen molar-refractivity contribution in [3.63, 3.8) is 0 Å². The van der Waals surface area contributed by atoms with Crippen LogP contribution in [0, 0.1) is 0 Å². The van der Waals surface area contributed by atoms with Crippen molar-refractivity contribution in [1.29, 1.82) is 0 Å². The van der Waals surface area contributed by atoms with Gasteiger partial charge in [0.05, 0.1) is 0 Å². The third-order valence-electron chi connectivity index (χ3n) is 3.75. The minimum absolute atomic E-state index is 0.421. The summed E-state index contributed by atoms with van der Waals surface area (Å²) in [5.41, 5.74) is 6.00. The maximum Gasteiger partial charge on any atom is 0.145 e. The summed E-state index contributed by atoms with van der Waals surface area (Å²) in [4.78, 5) is 0. The molecule has 3 heteroatoms. The van der Waals surface area contributed by atoms with Gasteiger partial charge in [0.15, 0.2) is 0 Å². The first-order chi connectivity index (χ1) is 9.98. The van der Waals surface area contributed by atoms with Gasteiger partial charge in [-0.05, 0) is 13.3 Å². The van der Waals surface area contributed by atoms with Crippen molar-refractivity contribution in [3.8, 4) is 0 Å². The monoisotopic (exact) mass is 301 g/mol. The van der Waals surface area contributed by atoms with E-state index in [2.05, 4.69) is 6.92 Å². The zero-order chi connectivity index (χ0) is 15.3. The third kappa shape index (κ3) is 3.84. The van der Waals surface area contributed by atoms with Crippen molar-refractivity contribution in [2.75, 3.05) is 6.16 Å². The molecule has 0 bridgehead atoms. The average molecular weight is 301 g/mol. The Morgan fingerprint density at radius 3 is 1.76 bits per heavy atom. The van der Waals surface area contributed by atoms with Crippen LogP contribution in [0.3, 0.4) is 0 Å². The van der Waals surface area contributed by atoms with E-state index in [1.165, 1.54) is 0 Å². The van der Waals surface area contributed by atoms with Crippen LogP contribution in [-0.2, 0) is 4.57 Å². The smallest absolute Gasteiger partial charge is 0.145 e. The summed E-state index contributed by atoms with van der Waals surface area (Å²) in [6.45, 7) is 4.12. The van der Waals surface area contributed by atoms with Crippen LogP contribution in [0.5, 0.6) is 0 Å². The van der Waals surface area contributed by atoms with Crippen molar-refractivity contribution >= 4 is 17.8 Å². The van der Waals surface area contributed by atoms with Gasteiger partial charge in [-0.25, -0.2) is 0 Å². The molecule has 0 fully saturated rings. The van der Waals surface area contributed by atoms with Gasteiger partial charge in [0.2, 0.25) is 0 Å². The Morgan fingerprint density at radius 2 is 1.38 bits per heavy atom. The van der Waals surface area contributed by atoms with Crippen LogP contribution in [0.25, 0.3) is 0 Å². The molecule has 112 valence electrons. The van der Waals surface area contributed by atoms with Crippen LogP contribution >= 0.6 is 7.14 Å². The maximum atomic E-state index is 13.8. The lowest BCUT2D eigenvalue weighted by atomic mass is 10.0. The van der Waals surface area contributed by atoms with E-state index < -0.39 is 12.7 Å². The van der Waals surface area contributed by atoms with Gasteiger partial charge in [-0.15, -0.1) is 0 Å². The number of hydrogen-bond donors (Lipinski definition) is 1. The van der Waals surface area contributed by atoms with E-state index in [0.29, 0.717) is 6.16 Å². The Labute approximate surface area is 127 Å². The molecule has 1 unspecified atom stereocenters. The summed E-state index contributed by atoms with van der Waals surface area (Å²) in [5, 5.41) is 1.79. The SMILES string of the molecule is CCCC(C)(N)CP(=O)(c1ccccc1)c1ccccc1. The first kappa shape index (κ1) is 16.0. The summed E-state index contributed by atoms with van der Waals surface area (Å²) in [7, 11) is -2.70. The predicted octanol–water partition coefficient (Wildman–Crippen LogP) is 3.52. The summed E-state index contributed by atoms with van der Waals surface area (Å²) in [6.07, 6.45) is 2.37. The van der Waals surface area contributed by atoms with Gasteiger partial charge < -0.3 is 10.3 Å². The molecule has 0 radical (unpaired) electrons. The molecule has 0 spiro atoms. The lowest BCUT2D eigenvalue weighted by molar-refractivity contribution is 0.467. The normalized spacial score (nSPS) is 14.6. The van der Waals surface area contributed by atoms with Crippen LogP contribution in [0.2, 0.25) is 0 Å². The Kier molecular flexibility index (Phi) is 5.03. The fourth-order valence-electron chi connectivity index (χ4n) is 2.83. The van der Waals surface area contributed by atoms with Gasteiger partial charge in [-0.3, -0.25) is 0 Å². The largest absolute Gasteiger partial charge is 0.325 e.